The number of rotatable bonds is 8. The number of nitrogens with zero attached hydrogens (tertiary/aromatic N) is 4. The highest BCUT2D eigenvalue weighted by Gasteiger charge is 2.23. The minimum atomic E-state index is -0.955. The third-order valence-electron chi connectivity index (χ3n) is 5.49. The van der Waals surface area contributed by atoms with E-state index < -0.39 is 17.9 Å². The zero-order valence-corrected chi connectivity index (χ0v) is 19.2. The largest absolute Gasteiger partial charge is 0.483 e. The van der Waals surface area contributed by atoms with Crippen LogP contribution in [0.2, 0.25) is 0 Å². The molecule has 4 N–H and O–H groups in total. The highest BCUT2D eigenvalue weighted by molar-refractivity contribution is 5.69. The van der Waals surface area contributed by atoms with Crippen LogP contribution in [0.4, 0.5) is 0 Å². The molecule has 186 valence electrons. The molecule has 12 nitrogen and oxygen atoms in total. The average molecular weight is 463 g/mol. The zero-order valence-electron chi connectivity index (χ0n) is 19.2. The molecule has 32 heavy (non-hydrogen) atoms. The fraction of sp³-hybridized carbons (Fsp3) is 0.800. The number of carboxylic acids is 3. The van der Waals surface area contributed by atoms with Crippen molar-refractivity contribution in [3.63, 3.8) is 0 Å². The summed E-state index contributed by atoms with van der Waals surface area (Å²) < 4.78 is 0. The Morgan fingerprint density at radius 2 is 0.938 bits per heavy atom. The van der Waals surface area contributed by atoms with Crippen LogP contribution in [0.5, 0.6) is 0 Å². The predicted molar refractivity (Wildman–Crippen MR) is 117 cm³/mol. The lowest BCUT2D eigenvalue weighted by molar-refractivity contribution is -0.140. The molecule has 1 rings (SSSR count). The van der Waals surface area contributed by atoms with E-state index in [1.807, 2.05) is 9.80 Å². The lowest BCUT2D eigenvalue weighted by Crippen LogP contribution is -2.50. The van der Waals surface area contributed by atoms with Crippen LogP contribution in [0.3, 0.4) is 0 Å². The summed E-state index contributed by atoms with van der Waals surface area (Å²) in [6.45, 7) is 10.0. The molecule has 0 aromatic heterocycles. The second kappa shape index (κ2) is 16.4. The van der Waals surface area contributed by atoms with Gasteiger partial charge in [0.2, 0.25) is 0 Å². The molecule has 0 aromatic carbocycles. The number of hydrogen-bond acceptors (Lipinski definition) is 8. The van der Waals surface area contributed by atoms with Crippen LogP contribution in [-0.4, -0.2) is 142 Å². The standard InChI is InChI=1S/C19H36N4O6.CH2O2/c1-15(2)16(3)23-10-8-21(13-18(26)27)6-4-20(12-17(24)25)5-7-22(9-11-23)14-19(28)29;2-1-3/h15-16H,4-14H2,1-3H3,(H,24,25)(H,26,27)(H,28,29);1H,(H,2,3). The van der Waals surface area contributed by atoms with Gasteiger partial charge in [0.25, 0.3) is 6.47 Å². The van der Waals surface area contributed by atoms with Gasteiger partial charge in [0, 0.05) is 58.4 Å². The van der Waals surface area contributed by atoms with Crippen LogP contribution < -0.4 is 0 Å². The number of carboxylic acid groups (broad SMARTS) is 4. The highest BCUT2D eigenvalue weighted by Crippen LogP contribution is 2.11. The maximum absolute atomic E-state index is 11.2. The van der Waals surface area contributed by atoms with Crippen molar-refractivity contribution in [2.75, 3.05) is 72.0 Å². The van der Waals surface area contributed by atoms with E-state index in [1.54, 1.807) is 4.90 Å². The van der Waals surface area contributed by atoms with Gasteiger partial charge in [-0.2, -0.15) is 0 Å². The predicted octanol–water partition coefficient (Wildman–Crippen LogP) is -0.793. The first-order valence-electron chi connectivity index (χ1n) is 10.6. The van der Waals surface area contributed by atoms with Crippen molar-refractivity contribution in [3.05, 3.63) is 0 Å². The molecule has 1 aliphatic rings. The molecular formula is C20H38N4O8. The maximum atomic E-state index is 11.2. The van der Waals surface area contributed by atoms with Gasteiger partial charge in [-0.15, -0.1) is 0 Å². The van der Waals surface area contributed by atoms with E-state index in [4.69, 9.17) is 15.0 Å². The fourth-order valence-corrected chi connectivity index (χ4v) is 3.43. The average Bonchev–Trinajstić information content (AvgIpc) is 2.67. The molecule has 0 bridgehead atoms. The van der Waals surface area contributed by atoms with Crippen LogP contribution >= 0.6 is 0 Å². The molecule has 1 saturated heterocycles. The summed E-state index contributed by atoms with van der Waals surface area (Å²) in [5.74, 6) is -2.35. The van der Waals surface area contributed by atoms with Gasteiger partial charge in [-0.25, -0.2) is 0 Å². The molecule has 1 heterocycles. The van der Waals surface area contributed by atoms with E-state index in [0.717, 1.165) is 0 Å². The van der Waals surface area contributed by atoms with Gasteiger partial charge in [-0.05, 0) is 12.8 Å². The summed E-state index contributed by atoms with van der Waals surface area (Å²) in [7, 11) is 0. The van der Waals surface area contributed by atoms with E-state index >= 15 is 0 Å². The lowest BCUT2D eigenvalue weighted by Gasteiger charge is -2.36. The zero-order chi connectivity index (χ0) is 24.7. The van der Waals surface area contributed by atoms with Crippen molar-refractivity contribution in [1.29, 1.82) is 0 Å². The Balaban J connectivity index is 0.00000302. The van der Waals surface area contributed by atoms with Crippen molar-refractivity contribution in [1.82, 2.24) is 19.6 Å². The third kappa shape index (κ3) is 13.9. The third-order valence-corrected chi connectivity index (χ3v) is 5.49. The van der Waals surface area contributed by atoms with E-state index in [1.165, 1.54) is 0 Å². The van der Waals surface area contributed by atoms with Crippen molar-refractivity contribution in [3.8, 4) is 0 Å². The Morgan fingerprint density at radius 1 is 0.688 bits per heavy atom. The molecule has 1 unspecified atom stereocenters. The summed E-state index contributed by atoms with van der Waals surface area (Å²) in [5, 5.41) is 34.5. The van der Waals surface area contributed by atoms with Crippen LogP contribution in [0, 0.1) is 5.92 Å². The molecule has 0 amide bonds. The maximum Gasteiger partial charge on any atom is 0.317 e. The summed E-state index contributed by atoms with van der Waals surface area (Å²) in [4.78, 5) is 49.7. The van der Waals surface area contributed by atoms with Gasteiger partial charge in [0.1, 0.15) is 0 Å². The van der Waals surface area contributed by atoms with Gasteiger partial charge in [-0.3, -0.25) is 38.8 Å². The van der Waals surface area contributed by atoms with Crippen molar-refractivity contribution in [2.24, 2.45) is 5.92 Å². The van der Waals surface area contributed by atoms with E-state index in [-0.39, 0.29) is 32.1 Å². The Kier molecular flexibility index (Phi) is 15.2. The molecule has 12 heteroatoms. The van der Waals surface area contributed by atoms with Crippen LogP contribution in [0.25, 0.3) is 0 Å². The topological polar surface area (TPSA) is 162 Å². The van der Waals surface area contributed by atoms with Crippen LogP contribution in [0.15, 0.2) is 0 Å². The Bertz CT molecular complexity index is 558. The molecular weight excluding hydrogens is 424 g/mol. The fourth-order valence-electron chi connectivity index (χ4n) is 3.43. The molecule has 0 aromatic rings. The normalized spacial score (nSPS) is 19.1. The van der Waals surface area contributed by atoms with E-state index in [9.17, 15) is 24.6 Å². The van der Waals surface area contributed by atoms with Gasteiger partial charge in [-0.1, -0.05) is 13.8 Å². The number of carbonyl (C=O) groups is 4. The van der Waals surface area contributed by atoms with E-state index in [2.05, 4.69) is 25.7 Å². The smallest absolute Gasteiger partial charge is 0.317 e. The van der Waals surface area contributed by atoms with Crippen LogP contribution in [0.1, 0.15) is 20.8 Å². The minimum Gasteiger partial charge on any atom is -0.483 e. The SMILES string of the molecule is CC(C)C(C)N1CCN(CC(=O)O)CCN(CC(=O)O)CCN(CC(=O)O)CC1.O=CO. The second-order valence-electron chi connectivity index (χ2n) is 8.14. The summed E-state index contributed by atoms with van der Waals surface area (Å²) in [6.07, 6.45) is 0. The Hall–Kier alpha value is -2.28. The number of aliphatic carboxylic acids is 3. The van der Waals surface area contributed by atoms with Crippen molar-refractivity contribution in [2.45, 2.75) is 26.8 Å². The monoisotopic (exact) mass is 462 g/mol. The van der Waals surface area contributed by atoms with Gasteiger partial charge in [0.15, 0.2) is 0 Å². The minimum absolute atomic E-state index is 0.0874. The molecule has 1 aliphatic heterocycles. The highest BCUT2D eigenvalue weighted by atomic mass is 16.4. The van der Waals surface area contributed by atoms with E-state index in [0.29, 0.717) is 58.3 Å². The molecule has 1 fully saturated rings. The molecule has 0 saturated carbocycles. The molecule has 0 spiro atoms. The molecule has 0 aliphatic carbocycles. The van der Waals surface area contributed by atoms with Gasteiger partial charge < -0.3 is 20.4 Å². The Morgan fingerprint density at radius 3 is 1.16 bits per heavy atom. The Labute approximate surface area is 189 Å². The molecule has 0 radical (unpaired) electrons. The van der Waals surface area contributed by atoms with Gasteiger partial charge >= 0.3 is 17.9 Å². The first-order valence-corrected chi connectivity index (χ1v) is 10.6. The summed E-state index contributed by atoms with van der Waals surface area (Å²) in [5.41, 5.74) is 0. The first kappa shape index (κ1) is 29.7. The second-order valence-corrected chi connectivity index (χ2v) is 8.14. The number of hydrogen-bond donors (Lipinski definition) is 4. The van der Waals surface area contributed by atoms with Gasteiger partial charge in [0.05, 0.1) is 19.6 Å². The quantitative estimate of drug-likeness (QED) is 0.333. The lowest BCUT2D eigenvalue weighted by atomic mass is 10.0. The summed E-state index contributed by atoms with van der Waals surface area (Å²) in [6, 6.07) is 0.278. The van der Waals surface area contributed by atoms with Crippen molar-refractivity contribution >= 4 is 24.4 Å². The first-order chi connectivity index (χ1) is 15.0. The molecule has 1 atom stereocenters. The van der Waals surface area contributed by atoms with Crippen LogP contribution in [-0.2, 0) is 19.2 Å². The van der Waals surface area contributed by atoms with Crippen molar-refractivity contribution < 1.29 is 39.6 Å². The summed E-state index contributed by atoms with van der Waals surface area (Å²) >= 11 is 0.